The van der Waals surface area contributed by atoms with Gasteiger partial charge in [-0.3, -0.25) is 0 Å². The standard InChI is InChI=1S/C12H18O/c1-3-5-11-6-10(4-2)7-12(8-11)9-13/h6-8,13H,3-5,9H2,1-2H3. The van der Waals surface area contributed by atoms with E-state index in [4.69, 9.17) is 5.11 Å². The summed E-state index contributed by atoms with van der Waals surface area (Å²) in [7, 11) is 0. The SMILES string of the molecule is CCCc1cc(CC)cc(CO)c1. The highest BCUT2D eigenvalue weighted by Crippen LogP contribution is 2.12. The van der Waals surface area contributed by atoms with Crippen LogP contribution < -0.4 is 0 Å². The predicted octanol–water partition coefficient (Wildman–Crippen LogP) is 2.69. The average molecular weight is 178 g/mol. The Morgan fingerprint density at radius 2 is 1.62 bits per heavy atom. The van der Waals surface area contributed by atoms with Gasteiger partial charge in [0.2, 0.25) is 0 Å². The van der Waals surface area contributed by atoms with Crippen molar-refractivity contribution in [3.63, 3.8) is 0 Å². The van der Waals surface area contributed by atoms with E-state index in [1.165, 1.54) is 11.1 Å². The van der Waals surface area contributed by atoms with Crippen LogP contribution in [0.2, 0.25) is 0 Å². The van der Waals surface area contributed by atoms with Gasteiger partial charge in [0.15, 0.2) is 0 Å². The van der Waals surface area contributed by atoms with E-state index < -0.39 is 0 Å². The average Bonchev–Trinajstić information content (AvgIpc) is 2.17. The molecule has 1 rings (SSSR count). The minimum absolute atomic E-state index is 0.157. The van der Waals surface area contributed by atoms with E-state index >= 15 is 0 Å². The smallest absolute Gasteiger partial charge is 0.0682 e. The van der Waals surface area contributed by atoms with Gasteiger partial charge in [0.05, 0.1) is 6.61 Å². The number of aryl methyl sites for hydroxylation is 2. The number of hydrogen-bond donors (Lipinski definition) is 1. The molecule has 13 heavy (non-hydrogen) atoms. The molecule has 0 saturated heterocycles. The van der Waals surface area contributed by atoms with Gasteiger partial charge in [-0.15, -0.1) is 0 Å². The van der Waals surface area contributed by atoms with Crippen molar-refractivity contribution < 1.29 is 5.11 Å². The number of benzene rings is 1. The van der Waals surface area contributed by atoms with Crippen molar-refractivity contribution in [1.29, 1.82) is 0 Å². The van der Waals surface area contributed by atoms with Gasteiger partial charge in [-0.05, 0) is 29.5 Å². The lowest BCUT2D eigenvalue weighted by atomic mass is 10.0. The molecule has 0 aliphatic carbocycles. The largest absolute Gasteiger partial charge is 0.392 e. The molecule has 1 N–H and O–H groups in total. The minimum atomic E-state index is 0.157. The summed E-state index contributed by atoms with van der Waals surface area (Å²) in [6.45, 7) is 4.48. The summed E-state index contributed by atoms with van der Waals surface area (Å²) >= 11 is 0. The zero-order valence-electron chi connectivity index (χ0n) is 8.51. The summed E-state index contributed by atoms with van der Waals surface area (Å²) < 4.78 is 0. The zero-order chi connectivity index (χ0) is 9.68. The summed E-state index contributed by atoms with van der Waals surface area (Å²) in [6.07, 6.45) is 3.32. The van der Waals surface area contributed by atoms with E-state index in [2.05, 4.69) is 32.0 Å². The highest BCUT2D eigenvalue weighted by Gasteiger charge is 1.98. The fraction of sp³-hybridized carbons (Fsp3) is 0.500. The second kappa shape index (κ2) is 5.03. The molecular formula is C12H18O. The number of aliphatic hydroxyl groups excluding tert-OH is 1. The maximum atomic E-state index is 9.05. The fourth-order valence-electron chi connectivity index (χ4n) is 1.57. The molecule has 0 fully saturated rings. The maximum absolute atomic E-state index is 9.05. The molecule has 1 nitrogen and oxygen atoms in total. The second-order valence-corrected chi connectivity index (χ2v) is 3.42. The van der Waals surface area contributed by atoms with E-state index in [1.807, 2.05) is 0 Å². The van der Waals surface area contributed by atoms with Crippen LogP contribution in [0.25, 0.3) is 0 Å². The van der Waals surface area contributed by atoms with Gasteiger partial charge in [0.25, 0.3) is 0 Å². The molecule has 1 heteroatoms. The monoisotopic (exact) mass is 178 g/mol. The second-order valence-electron chi connectivity index (χ2n) is 3.42. The van der Waals surface area contributed by atoms with E-state index in [1.54, 1.807) is 0 Å². The van der Waals surface area contributed by atoms with E-state index in [9.17, 15) is 0 Å². The Morgan fingerprint density at radius 3 is 2.15 bits per heavy atom. The highest BCUT2D eigenvalue weighted by molar-refractivity contribution is 5.30. The zero-order valence-corrected chi connectivity index (χ0v) is 8.51. The number of hydrogen-bond acceptors (Lipinski definition) is 1. The molecule has 0 atom stereocenters. The Kier molecular flexibility index (Phi) is 3.97. The Morgan fingerprint density at radius 1 is 1.00 bits per heavy atom. The highest BCUT2D eigenvalue weighted by atomic mass is 16.3. The molecule has 0 aromatic heterocycles. The first-order chi connectivity index (χ1) is 6.30. The van der Waals surface area contributed by atoms with Gasteiger partial charge in [-0.1, -0.05) is 38.5 Å². The molecule has 0 radical (unpaired) electrons. The van der Waals surface area contributed by atoms with Gasteiger partial charge < -0.3 is 5.11 Å². The maximum Gasteiger partial charge on any atom is 0.0682 e. The molecule has 0 saturated carbocycles. The van der Waals surface area contributed by atoms with Crippen LogP contribution in [0.5, 0.6) is 0 Å². The lowest BCUT2D eigenvalue weighted by molar-refractivity contribution is 0.281. The molecule has 0 unspecified atom stereocenters. The van der Waals surface area contributed by atoms with Crippen LogP contribution in [0.1, 0.15) is 37.0 Å². The van der Waals surface area contributed by atoms with Crippen LogP contribution in [0.4, 0.5) is 0 Å². The van der Waals surface area contributed by atoms with Crippen LogP contribution in [-0.4, -0.2) is 5.11 Å². The Balaban J connectivity index is 2.93. The quantitative estimate of drug-likeness (QED) is 0.751. The van der Waals surface area contributed by atoms with E-state index in [-0.39, 0.29) is 6.61 Å². The van der Waals surface area contributed by atoms with Gasteiger partial charge in [0, 0.05) is 0 Å². The third-order valence-electron chi connectivity index (χ3n) is 2.24. The normalized spacial score (nSPS) is 10.4. The minimum Gasteiger partial charge on any atom is -0.392 e. The third-order valence-corrected chi connectivity index (χ3v) is 2.24. The van der Waals surface area contributed by atoms with Crippen molar-refractivity contribution in [3.05, 3.63) is 34.9 Å². The van der Waals surface area contributed by atoms with Crippen molar-refractivity contribution in [2.75, 3.05) is 0 Å². The molecule has 0 heterocycles. The van der Waals surface area contributed by atoms with E-state index in [0.29, 0.717) is 0 Å². The molecular weight excluding hydrogens is 160 g/mol. The van der Waals surface area contributed by atoms with Gasteiger partial charge in [-0.25, -0.2) is 0 Å². The van der Waals surface area contributed by atoms with Crippen molar-refractivity contribution in [1.82, 2.24) is 0 Å². The molecule has 1 aromatic rings. The molecule has 1 aromatic carbocycles. The molecule has 72 valence electrons. The Labute approximate surface area is 80.4 Å². The molecule has 0 spiro atoms. The number of rotatable bonds is 4. The number of aliphatic hydroxyl groups is 1. The van der Waals surface area contributed by atoms with Crippen LogP contribution in [0.15, 0.2) is 18.2 Å². The summed E-state index contributed by atoms with van der Waals surface area (Å²) in [4.78, 5) is 0. The lowest BCUT2D eigenvalue weighted by Gasteiger charge is -2.05. The van der Waals surface area contributed by atoms with Crippen LogP contribution >= 0.6 is 0 Å². The van der Waals surface area contributed by atoms with Gasteiger partial charge in [0.1, 0.15) is 0 Å². The summed E-state index contributed by atoms with van der Waals surface area (Å²) in [6, 6.07) is 6.42. The first-order valence-electron chi connectivity index (χ1n) is 5.02. The van der Waals surface area contributed by atoms with Crippen molar-refractivity contribution in [3.8, 4) is 0 Å². The topological polar surface area (TPSA) is 20.2 Å². The first kappa shape index (κ1) is 10.3. The molecule has 0 aliphatic heterocycles. The predicted molar refractivity (Wildman–Crippen MR) is 55.7 cm³/mol. The summed E-state index contributed by atoms with van der Waals surface area (Å²) in [5.74, 6) is 0. The third kappa shape index (κ3) is 2.85. The Hall–Kier alpha value is -0.820. The van der Waals surface area contributed by atoms with Gasteiger partial charge in [-0.2, -0.15) is 0 Å². The molecule has 0 aliphatic rings. The first-order valence-corrected chi connectivity index (χ1v) is 5.02. The Bertz CT molecular complexity index is 244. The summed E-state index contributed by atoms with van der Waals surface area (Å²) in [5, 5.41) is 9.05. The van der Waals surface area contributed by atoms with Crippen molar-refractivity contribution in [2.24, 2.45) is 0 Å². The van der Waals surface area contributed by atoms with Crippen molar-refractivity contribution >= 4 is 0 Å². The lowest BCUT2D eigenvalue weighted by Crippen LogP contribution is -1.92. The summed E-state index contributed by atoms with van der Waals surface area (Å²) in [5.41, 5.74) is 3.73. The van der Waals surface area contributed by atoms with Crippen molar-refractivity contribution in [2.45, 2.75) is 39.7 Å². The van der Waals surface area contributed by atoms with Gasteiger partial charge >= 0.3 is 0 Å². The molecule has 0 amide bonds. The van der Waals surface area contributed by atoms with Crippen LogP contribution in [0.3, 0.4) is 0 Å². The van der Waals surface area contributed by atoms with Crippen LogP contribution in [-0.2, 0) is 19.4 Å². The fourth-order valence-corrected chi connectivity index (χ4v) is 1.57. The van der Waals surface area contributed by atoms with E-state index in [0.717, 1.165) is 24.8 Å². The molecule has 0 bridgehead atoms. The van der Waals surface area contributed by atoms with Crippen LogP contribution in [0, 0.1) is 0 Å².